The molecule has 0 unspecified atom stereocenters. The molecule has 152 valence electrons. The number of ether oxygens (including phenoxy) is 1. The van der Waals surface area contributed by atoms with Crippen molar-refractivity contribution in [2.45, 2.75) is 6.92 Å². The number of aromatic nitrogens is 5. The first-order valence-corrected chi connectivity index (χ1v) is 10.5. The molecule has 10 heteroatoms. The van der Waals surface area contributed by atoms with E-state index in [0.29, 0.717) is 36.1 Å². The molecule has 0 amide bonds. The van der Waals surface area contributed by atoms with Crippen molar-refractivity contribution in [3.05, 3.63) is 53.3 Å². The highest BCUT2D eigenvalue weighted by molar-refractivity contribution is 7.12. The van der Waals surface area contributed by atoms with E-state index in [0.717, 1.165) is 23.8 Å². The van der Waals surface area contributed by atoms with Crippen LogP contribution in [-0.2, 0) is 4.74 Å². The maximum absolute atomic E-state index is 5.47. The van der Waals surface area contributed by atoms with Crippen LogP contribution in [0.5, 0.6) is 0 Å². The molecule has 1 N–H and O–H groups in total. The second kappa shape index (κ2) is 8.17. The zero-order valence-electron chi connectivity index (χ0n) is 16.4. The topological polar surface area (TPSA) is 93.4 Å². The predicted octanol–water partition coefficient (Wildman–Crippen LogP) is 2.86. The zero-order valence-corrected chi connectivity index (χ0v) is 17.2. The monoisotopic (exact) mass is 420 g/mol. The molecule has 4 aromatic rings. The third-order valence-corrected chi connectivity index (χ3v) is 5.50. The number of fused-ring (bicyclic) bond motifs is 1. The summed E-state index contributed by atoms with van der Waals surface area (Å²) < 4.78 is 7.34. The SMILES string of the molecule is Cc1cccc(/C=N/Nc2nc(N3CCOCC3)nc3c2ncn3-c2nccs2)c1. The number of anilines is 2. The van der Waals surface area contributed by atoms with E-state index in [1.54, 1.807) is 18.7 Å². The highest BCUT2D eigenvalue weighted by atomic mass is 32.1. The van der Waals surface area contributed by atoms with Gasteiger partial charge in [0.15, 0.2) is 22.1 Å². The number of rotatable bonds is 5. The summed E-state index contributed by atoms with van der Waals surface area (Å²) >= 11 is 1.53. The molecule has 9 nitrogen and oxygen atoms in total. The summed E-state index contributed by atoms with van der Waals surface area (Å²) in [5.74, 6) is 1.18. The van der Waals surface area contributed by atoms with Gasteiger partial charge >= 0.3 is 0 Å². The third kappa shape index (κ3) is 3.74. The Bertz CT molecular complexity index is 1180. The molecule has 1 aliphatic heterocycles. The van der Waals surface area contributed by atoms with E-state index < -0.39 is 0 Å². The fraction of sp³-hybridized carbons (Fsp3) is 0.250. The fourth-order valence-electron chi connectivity index (χ4n) is 3.26. The van der Waals surface area contributed by atoms with Crippen molar-refractivity contribution in [2.75, 3.05) is 36.6 Å². The van der Waals surface area contributed by atoms with Crippen LogP contribution in [0.2, 0.25) is 0 Å². The van der Waals surface area contributed by atoms with Gasteiger partial charge in [0.25, 0.3) is 0 Å². The molecule has 5 rings (SSSR count). The van der Waals surface area contributed by atoms with Crippen LogP contribution in [0.4, 0.5) is 11.8 Å². The van der Waals surface area contributed by atoms with Crippen molar-refractivity contribution in [3.63, 3.8) is 0 Å². The van der Waals surface area contributed by atoms with Crippen molar-refractivity contribution in [2.24, 2.45) is 5.10 Å². The van der Waals surface area contributed by atoms with Gasteiger partial charge in [-0.05, 0) is 12.5 Å². The quantitative estimate of drug-likeness (QED) is 0.392. The third-order valence-electron chi connectivity index (χ3n) is 4.73. The van der Waals surface area contributed by atoms with Crippen LogP contribution in [0.15, 0.2) is 47.3 Å². The largest absolute Gasteiger partial charge is 0.378 e. The molecule has 30 heavy (non-hydrogen) atoms. The van der Waals surface area contributed by atoms with Gasteiger partial charge in [0.05, 0.1) is 19.4 Å². The second-order valence-corrected chi connectivity index (χ2v) is 7.73. The first-order chi connectivity index (χ1) is 14.8. The maximum Gasteiger partial charge on any atom is 0.229 e. The van der Waals surface area contributed by atoms with Crippen LogP contribution in [0.1, 0.15) is 11.1 Å². The highest BCUT2D eigenvalue weighted by Gasteiger charge is 2.20. The number of nitrogens with one attached hydrogen (secondary N) is 1. The Morgan fingerprint density at radius 2 is 2.10 bits per heavy atom. The van der Waals surface area contributed by atoms with E-state index in [2.05, 4.69) is 44.5 Å². The van der Waals surface area contributed by atoms with Crippen LogP contribution >= 0.6 is 11.3 Å². The molecule has 0 aliphatic carbocycles. The van der Waals surface area contributed by atoms with Crippen molar-refractivity contribution in [1.82, 2.24) is 24.5 Å². The number of benzene rings is 1. The van der Waals surface area contributed by atoms with Crippen molar-refractivity contribution < 1.29 is 4.74 Å². The number of morpholine rings is 1. The lowest BCUT2D eigenvalue weighted by atomic mass is 10.2. The van der Waals surface area contributed by atoms with Gasteiger partial charge in [0, 0.05) is 24.7 Å². The van der Waals surface area contributed by atoms with E-state index in [9.17, 15) is 0 Å². The van der Waals surface area contributed by atoms with Crippen LogP contribution in [0, 0.1) is 6.92 Å². The highest BCUT2D eigenvalue weighted by Crippen LogP contribution is 2.26. The lowest BCUT2D eigenvalue weighted by Gasteiger charge is -2.26. The Hall–Kier alpha value is -3.37. The van der Waals surface area contributed by atoms with Crippen LogP contribution < -0.4 is 10.3 Å². The summed E-state index contributed by atoms with van der Waals surface area (Å²) in [5.41, 5.74) is 6.58. The molecule has 3 aromatic heterocycles. The molecule has 1 saturated heterocycles. The summed E-state index contributed by atoms with van der Waals surface area (Å²) in [7, 11) is 0. The summed E-state index contributed by atoms with van der Waals surface area (Å²) in [6.45, 7) is 4.84. The fourth-order valence-corrected chi connectivity index (χ4v) is 3.88. The zero-order chi connectivity index (χ0) is 20.3. The van der Waals surface area contributed by atoms with E-state index in [-0.39, 0.29) is 0 Å². The Morgan fingerprint density at radius 1 is 1.20 bits per heavy atom. The average molecular weight is 421 g/mol. The van der Waals surface area contributed by atoms with Gasteiger partial charge in [-0.2, -0.15) is 15.1 Å². The molecule has 0 atom stereocenters. The lowest BCUT2D eigenvalue weighted by Crippen LogP contribution is -2.37. The molecule has 0 bridgehead atoms. The Labute approximate surface area is 177 Å². The molecular formula is C20H20N8OS. The predicted molar refractivity (Wildman–Crippen MR) is 118 cm³/mol. The smallest absolute Gasteiger partial charge is 0.229 e. The minimum Gasteiger partial charge on any atom is -0.378 e. The summed E-state index contributed by atoms with van der Waals surface area (Å²) in [5, 5.41) is 7.12. The van der Waals surface area contributed by atoms with Gasteiger partial charge in [-0.3, -0.25) is 9.99 Å². The molecule has 4 heterocycles. The van der Waals surface area contributed by atoms with E-state index in [4.69, 9.17) is 14.7 Å². The number of thiazole rings is 1. The molecular weight excluding hydrogens is 400 g/mol. The standard InChI is InChI=1S/C20H20N8OS/c1-14-3-2-4-15(11-14)12-23-26-17-16-18(28(13-22-16)20-21-5-10-30-20)25-19(24-17)27-6-8-29-9-7-27/h2-5,10-13H,6-9H2,1H3,(H,24,25,26)/b23-12+. The van der Waals surface area contributed by atoms with Gasteiger partial charge in [-0.25, -0.2) is 9.97 Å². The first kappa shape index (κ1) is 18.6. The van der Waals surface area contributed by atoms with Crippen LogP contribution in [0.25, 0.3) is 16.3 Å². The summed E-state index contributed by atoms with van der Waals surface area (Å²) in [6.07, 6.45) is 5.26. The Balaban J connectivity index is 1.53. The number of hydrazone groups is 1. The molecule has 0 spiro atoms. The average Bonchev–Trinajstić information content (AvgIpc) is 3.44. The normalized spacial score (nSPS) is 14.6. The first-order valence-electron chi connectivity index (χ1n) is 9.61. The number of aryl methyl sites for hydroxylation is 1. The van der Waals surface area contributed by atoms with Gasteiger partial charge in [-0.1, -0.05) is 29.8 Å². The van der Waals surface area contributed by atoms with E-state index in [1.807, 2.05) is 22.1 Å². The van der Waals surface area contributed by atoms with Crippen molar-refractivity contribution in [1.29, 1.82) is 0 Å². The van der Waals surface area contributed by atoms with Crippen molar-refractivity contribution >= 4 is 40.5 Å². The molecule has 1 fully saturated rings. The van der Waals surface area contributed by atoms with Gasteiger partial charge in [-0.15, -0.1) is 11.3 Å². The maximum atomic E-state index is 5.47. The molecule has 1 aromatic carbocycles. The minimum atomic E-state index is 0.556. The lowest BCUT2D eigenvalue weighted by molar-refractivity contribution is 0.122. The minimum absolute atomic E-state index is 0.556. The summed E-state index contributed by atoms with van der Waals surface area (Å²) in [6, 6.07) is 8.13. The van der Waals surface area contributed by atoms with Gasteiger partial charge < -0.3 is 9.64 Å². The van der Waals surface area contributed by atoms with E-state index in [1.165, 1.54) is 16.9 Å². The number of hydrogen-bond acceptors (Lipinski definition) is 9. The second-order valence-electron chi connectivity index (χ2n) is 6.86. The van der Waals surface area contributed by atoms with E-state index >= 15 is 0 Å². The van der Waals surface area contributed by atoms with Gasteiger partial charge in [0.1, 0.15) is 6.33 Å². The van der Waals surface area contributed by atoms with Gasteiger partial charge in [0.2, 0.25) is 5.95 Å². The molecule has 0 saturated carbocycles. The van der Waals surface area contributed by atoms with Crippen LogP contribution in [0.3, 0.4) is 0 Å². The number of imidazole rings is 1. The molecule has 0 radical (unpaired) electrons. The Morgan fingerprint density at radius 3 is 2.90 bits per heavy atom. The van der Waals surface area contributed by atoms with Crippen LogP contribution in [-0.4, -0.2) is 57.0 Å². The Kier molecular flexibility index (Phi) is 5.08. The molecule has 1 aliphatic rings. The summed E-state index contributed by atoms with van der Waals surface area (Å²) in [4.78, 5) is 20.5. The van der Waals surface area contributed by atoms with Crippen molar-refractivity contribution in [3.8, 4) is 5.13 Å². The number of hydrogen-bond donors (Lipinski definition) is 1. The number of nitrogens with zero attached hydrogens (tertiary/aromatic N) is 7.